The quantitative estimate of drug-likeness (QED) is 0.265. The Labute approximate surface area is 180 Å². The molecule has 1 aromatic carbocycles. The Hall–Kier alpha value is -3.09. The second kappa shape index (κ2) is 7.63. The van der Waals surface area contributed by atoms with Crippen LogP contribution in [-0.4, -0.2) is 20.5 Å². The van der Waals surface area contributed by atoms with Crippen LogP contribution in [0, 0.1) is 0 Å². The Morgan fingerprint density at radius 3 is 2.83 bits per heavy atom. The topological polar surface area (TPSA) is 115 Å². The van der Waals surface area contributed by atoms with Crippen molar-refractivity contribution in [2.75, 3.05) is 4.72 Å². The van der Waals surface area contributed by atoms with Gasteiger partial charge in [-0.2, -0.15) is 0 Å². The summed E-state index contributed by atoms with van der Waals surface area (Å²) in [4.78, 5) is 45.2. The smallest absolute Gasteiger partial charge is 0.348 e. The zero-order valence-electron chi connectivity index (χ0n) is 15.0. The maximum absolute atomic E-state index is 12.8. The summed E-state index contributed by atoms with van der Waals surface area (Å²) < 4.78 is 14.5. The van der Waals surface area contributed by atoms with Crippen molar-refractivity contribution in [3.05, 3.63) is 72.7 Å². The van der Waals surface area contributed by atoms with Crippen LogP contribution >= 0.6 is 34.9 Å². The number of hydrogen-bond donors (Lipinski definition) is 2. The number of aromatic amines is 1. The van der Waals surface area contributed by atoms with E-state index in [2.05, 4.69) is 14.7 Å². The van der Waals surface area contributed by atoms with Gasteiger partial charge < -0.3 is 8.92 Å². The minimum atomic E-state index is -0.593. The third-order valence-electron chi connectivity index (χ3n) is 4.28. The van der Waals surface area contributed by atoms with E-state index >= 15 is 0 Å². The fraction of sp³-hybridized carbons (Fsp3) is 0.111. The lowest BCUT2D eigenvalue weighted by Crippen LogP contribution is -2.34. The van der Waals surface area contributed by atoms with Gasteiger partial charge in [0.2, 0.25) is 5.06 Å². The molecule has 0 saturated carbocycles. The highest BCUT2D eigenvalue weighted by Crippen LogP contribution is 2.40. The van der Waals surface area contributed by atoms with Crippen molar-refractivity contribution in [2.45, 2.75) is 13.2 Å². The normalized spacial score (nSPS) is 12.4. The molecule has 1 aliphatic rings. The van der Waals surface area contributed by atoms with E-state index in [0.29, 0.717) is 20.7 Å². The molecule has 1 aliphatic heterocycles. The van der Waals surface area contributed by atoms with Crippen molar-refractivity contribution >= 4 is 56.9 Å². The largest absolute Gasteiger partial charge is 0.454 e. The van der Waals surface area contributed by atoms with Crippen LogP contribution in [0.3, 0.4) is 0 Å². The predicted molar refractivity (Wildman–Crippen MR) is 115 cm³/mol. The Morgan fingerprint density at radius 1 is 1.20 bits per heavy atom. The molecular formula is C18H12N4O5S3. The number of thiazole rings is 1. The summed E-state index contributed by atoms with van der Waals surface area (Å²) in [7, 11) is 0. The van der Waals surface area contributed by atoms with Gasteiger partial charge in [0.25, 0.3) is 5.56 Å². The first kappa shape index (κ1) is 18.9. The van der Waals surface area contributed by atoms with Gasteiger partial charge in [0, 0.05) is 0 Å². The van der Waals surface area contributed by atoms with Crippen molar-refractivity contribution in [2.24, 2.45) is 0 Å². The van der Waals surface area contributed by atoms with E-state index in [-0.39, 0.29) is 23.4 Å². The number of anilines is 1. The number of carbonyl (C=O) groups is 1. The van der Waals surface area contributed by atoms with Crippen LogP contribution < -0.4 is 20.2 Å². The summed E-state index contributed by atoms with van der Waals surface area (Å²) in [6.45, 7) is 0.124. The standard InChI is InChI=1S/C18H12N4O5S3/c23-15-10-6-11(16(24)26-8-12-19-13-17(29-12)27-30-21-13)28-14(10)20-18(25)22(15)7-9-4-2-1-3-5-9/h1-6,21H,7-8H2,(H,20,25). The molecule has 12 heteroatoms. The van der Waals surface area contributed by atoms with E-state index in [4.69, 9.17) is 8.92 Å². The molecule has 2 N–H and O–H groups in total. The highest BCUT2D eigenvalue weighted by Gasteiger charge is 2.21. The van der Waals surface area contributed by atoms with Gasteiger partial charge in [-0.25, -0.2) is 14.6 Å². The minimum absolute atomic E-state index is 0.0186. The molecule has 0 bridgehead atoms. The average molecular weight is 461 g/mol. The van der Waals surface area contributed by atoms with Crippen LogP contribution in [0.2, 0.25) is 0 Å². The van der Waals surface area contributed by atoms with E-state index in [0.717, 1.165) is 33.7 Å². The van der Waals surface area contributed by atoms with E-state index in [1.807, 2.05) is 30.3 Å². The lowest BCUT2D eigenvalue weighted by atomic mass is 10.2. The number of thiophene rings is 1. The van der Waals surface area contributed by atoms with E-state index in [9.17, 15) is 14.4 Å². The number of nitrogens with zero attached hydrogens (tertiary/aromatic N) is 2. The zero-order valence-corrected chi connectivity index (χ0v) is 17.5. The molecule has 30 heavy (non-hydrogen) atoms. The van der Waals surface area contributed by atoms with Crippen LogP contribution in [0.25, 0.3) is 10.2 Å². The summed E-state index contributed by atoms with van der Waals surface area (Å²) >= 11 is 3.36. The number of hydrogen-bond acceptors (Lipinski definition) is 10. The summed E-state index contributed by atoms with van der Waals surface area (Å²) in [6.07, 6.45) is 0. The fourth-order valence-corrected chi connectivity index (χ4v) is 5.19. The molecule has 0 atom stereocenters. The molecule has 3 aromatic heterocycles. The summed E-state index contributed by atoms with van der Waals surface area (Å²) in [5, 5.41) is 1.48. The van der Waals surface area contributed by atoms with E-state index in [1.165, 1.54) is 17.4 Å². The Kier molecular flexibility index (Phi) is 4.81. The van der Waals surface area contributed by atoms with Gasteiger partial charge in [-0.1, -0.05) is 41.7 Å². The van der Waals surface area contributed by atoms with Gasteiger partial charge >= 0.3 is 11.7 Å². The molecule has 0 saturated heterocycles. The van der Waals surface area contributed by atoms with Crippen LogP contribution in [0.4, 0.5) is 5.82 Å². The number of ether oxygens (including phenoxy) is 1. The number of aromatic nitrogens is 3. The summed E-state index contributed by atoms with van der Waals surface area (Å²) in [5.41, 5.74) is -0.155. The van der Waals surface area contributed by atoms with Crippen molar-refractivity contribution in [1.29, 1.82) is 0 Å². The Balaban J connectivity index is 1.38. The average Bonchev–Trinajstić information content (AvgIpc) is 3.45. The fourth-order valence-electron chi connectivity index (χ4n) is 2.88. The van der Waals surface area contributed by atoms with Gasteiger partial charge in [0.05, 0.1) is 11.9 Å². The molecule has 0 radical (unpaired) electrons. The van der Waals surface area contributed by atoms with Crippen LogP contribution in [0.15, 0.2) is 46.0 Å². The number of esters is 1. The first-order chi connectivity index (χ1) is 14.6. The minimum Gasteiger partial charge on any atom is -0.454 e. The number of rotatable bonds is 5. The Bertz CT molecular complexity index is 1350. The van der Waals surface area contributed by atoms with Gasteiger partial charge in [-0.05, 0) is 11.6 Å². The summed E-state index contributed by atoms with van der Waals surface area (Å²) in [5.74, 6) is 0.0131. The highest BCUT2D eigenvalue weighted by atomic mass is 32.2. The molecule has 0 unspecified atom stereocenters. The third kappa shape index (κ3) is 3.49. The molecular weight excluding hydrogens is 448 g/mol. The molecule has 9 nitrogen and oxygen atoms in total. The van der Waals surface area contributed by atoms with Crippen LogP contribution in [-0.2, 0) is 17.9 Å². The SMILES string of the molecule is O=C(OCc1nc2c(s1)OSN2)c1cc2c(=O)n(Cc3ccccc3)c(=O)[nH]c2s1. The van der Waals surface area contributed by atoms with Gasteiger partial charge in [-0.15, -0.1) is 11.3 Å². The molecule has 4 heterocycles. The molecule has 0 fully saturated rings. The number of nitrogens with one attached hydrogen (secondary N) is 2. The second-order valence-corrected chi connectivity index (χ2v) is 8.88. The first-order valence-corrected chi connectivity index (χ1v) is 11.0. The highest BCUT2D eigenvalue weighted by molar-refractivity contribution is 7.96. The van der Waals surface area contributed by atoms with Crippen LogP contribution in [0.5, 0.6) is 5.06 Å². The number of fused-ring (bicyclic) bond motifs is 2. The Morgan fingerprint density at radius 2 is 2.03 bits per heavy atom. The lowest BCUT2D eigenvalue weighted by Gasteiger charge is -2.04. The molecule has 0 aliphatic carbocycles. The van der Waals surface area contributed by atoms with Crippen molar-refractivity contribution < 1.29 is 13.7 Å². The third-order valence-corrected chi connectivity index (χ3v) is 6.85. The molecule has 0 spiro atoms. The monoisotopic (exact) mass is 460 g/mol. The van der Waals surface area contributed by atoms with Crippen molar-refractivity contribution in [3.8, 4) is 5.06 Å². The zero-order chi connectivity index (χ0) is 20.7. The number of H-pyrrole nitrogens is 1. The number of benzene rings is 1. The van der Waals surface area contributed by atoms with Crippen molar-refractivity contribution in [3.63, 3.8) is 0 Å². The first-order valence-electron chi connectivity index (χ1n) is 8.65. The van der Waals surface area contributed by atoms with Crippen molar-refractivity contribution in [1.82, 2.24) is 14.5 Å². The molecule has 5 rings (SSSR count). The maximum Gasteiger partial charge on any atom is 0.348 e. The van der Waals surface area contributed by atoms with E-state index < -0.39 is 17.2 Å². The molecule has 152 valence electrons. The lowest BCUT2D eigenvalue weighted by molar-refractivity contribution is 0.0478. The maximum atomic E-state index is 12.8. The predicted octanol–water partition coefficient (Wildman–Crippen LogP) is 2.98. The van der Waals surface area contributed by atoms with E-state index in [1.54, 1.807) is 0 Å². The molecule has 0 amide bonds. The summed E-state index contributed by atoms with van der Waals surface area (Å²) in [6, 6.07) is 10.7. The van der Waals surface area contributed by atoms with Crippen LogP contribution in [0.1, 0.15) is 20.2 Å². The number of carbonyl (C=O) groups excluding carboxylic acids is 1. The van der Waals surface area contributed by atoms with Gasteiger partial charge in [0.1, 0.15) is 21.3 Å². The van der Waals surface area contributed by atoms with Gasteiger partial charge in [-0.3, -0.25) is 19.1 Å². The second-order valence-electron chi connectivity index (χ2n) is 6.25. The van der Waals surface area contributed by atoms with Gasteiger partial charge in [0.15, 0.2) is 18.0 Å². The molecule has 4 aromatic rings.